The first-order valence-electron chi connectivity index (χ1n) is 4.59. The molecule has 0 aliphatic heterocycles. The van der Waals surface area contributed by atoms with E-state index in [9.17, 15) is 18.0 Å². The third kappa shape index (κ3) is 3.65. The number of benzene rings is 1. The Hall–Kier alpha value is -1.73. The van der Waals surface area contributed by atoms with Crippen molar-refractivity contribution in [3.05, 3.63) is 35.9 Å². The standard InChI is InChI=1S/C10H10O6S/c11-9(12)6-8(17(14,15)16)10(13)7-4-2-1-3-5-7/h1-5,8H,6H2,(H,11,12)(H,14,15,16). The molecule has 17 heavy (non-hydrogen) atoms. The molecule has 0 aliphatic carbocycles. The molecule has 0 amide bonds. The van der Waals surface area contributed by atoms with E-state index in [-0.39, 0.29) is 5.56 Å². The molecule has 1 unspecified atom stereocenters. The minimum Gasteiger partial charge on any atom is -0.481 e. The molecule has 7 heteroatoms. The van der Waals surface area contributed by atoms with Crippen molar-refractivity contribution in [1.82, 2.24) is 0 Å². The van der Waals surface area contributed by atoms with E-state index in [0.717, 1.165) is 0 Å². The zero-order valence-corrected chi connectivity index (χ0v) is 9.42. The lowest BCUT2D eigenvalue weighted by atomic mass is 10.1. The maximum Gasteiger partial charge on any atom is 0.305 e. The lowest BCUT2D eigenvalue weighted by Gasteiger charge is -2.10. The van der Waals surface area contributed by atoms with Crippen LogP contribution in [0.5, 0.6) is 0 Å². The second-order valence-electron chi connectivity index (χ2n) is 3.33. The van der Waals surface area contributed by atoms with Crippen LogP contribution in [0.1, 0.15) is 16.8 Å². The Labute approximate surface area is 97.6 Å². The molecule has 0 spiro atoms. The number of Topliss-reactive ketones (excluding diaryl/α,β-unsaturated/α-hetero) is 1. The molecule has 0 fully saturated rings. The van der Waals surface area contributed by atoms with Crippen LogP contribution < -0.4 is 0 Å². The second-order valence-corrected chi connectivity index (χ2v) is 4.93. The average Bonchev–Trinajstić information content (AvgIpc) is 2.24. The zero-order chi connectivity index (χ0) is 13.1. The van der Waals surface area contributed by atoms with Crippen molar-refractivity contribution < 1.29 is 27.7 Å². The van der Waals surface area contributed by atoms with Crippen LogP contribution in [0, 0.1) is 0 Å². The molecule has 0 saturated carbocycles. The maximum absolute atomic E-state index is 11.7. The number of hydrogen-bond acceptors (Lipinski definition) is 4. The van der Waals surface area contributed by atoms with Gasteiger partial charge in [0.25, 0.3) is 10.1 Å². The fourth-order valence-electron chi connectivity index (χ4n) is 1.28. The second kappa shape index (κ2) is 5.07. The molecule has 1 rings (SSSR count). The van der Waals surface area contributed by atoms with E-state index in [4.69, 9.17) is 9.66 Å². The lowest BCUT2D eigenvalue weighted by molar-refractivity contribution is -0.136. The van der Waals surface area contributed by atoms with Crippen LogP contribution >= 0.6 is 0 Å². The summed E-state index contributed by atoms with van der Waals surface area (Å²) < 4.78 is 30.8. The van der Waals surface area contributed by atoms with Crippen LogP contribution in [0.25, 0.3) is 0 Å². The van der Waals surface area contributed by atoms with Gasteiger partial charge in [-0.1, -0.05) is 30.3 Å². The third-order valence-corrected chi connectivity index (χ3v) is 3.17. The molecular weight excluding hydrogens is 248 g/mol. The number of ketones is 1. The summed E-state index contributed by atoms with van der Waals surface area (Å²) in [5, 5.41) is 6.55. The topological polar surface area (TPSA) is 109 Å². The van der Waals surface area contributed by atoms with Crippen molar-refractivity contribution in [3.63, 3.8) is 0 Å². The highest BCUT2D eigenvalue weighted by Gasteiger charge is 2.33. The van der Waals surface area contributed by atoms with Crippen molar-refractivity contribution in [2.75, 3.05) is 0 Å². The highest BCUT2D eigenvalue weighted by Crippen LogP contribution is 2.13. The monoisotopic (exact) mass is 258 g/mol. The van der Waals surface area contributed by atoms with Crippen LogP contribution in [-0.4, -0.2) is 35.1 Å². The SMILES string of the molecule is O=C(O)CC(C(=O)c1ccccc1)S(=O)(=O)O. The predicted molar refractivity (Wildman–Crippen MR) is 58.4 cm³/mol. The van der Waals surface area contributed by atoms with E-state index in [2.05, 4.69) is 0 Å². The van der Waals surface area contributed by atoms with Crippen LogP contribution in [0.4, 0.5) is 0 Å². The van der Waals surface area contributed by atoms with Crippen molar-refractivity contribution in [3.8, 4) is 0 Å². The largest absolute Gasteiger partial charge is 0.481 e. The fraction of sp³-hybridized carbons (Fsp3) is 0.200. The molecule has 6 nitrogen and oxygen atoms in total. The molecule has 92 valence electrons. The van der Waals surface area contributed by atoms with Gasteiger partial charge in [-0.05, 0) is 0 Å². The van der Waals surface area contributed by atoms with Gasteiger partial charge >= 0.3 is 5.97 Å². The lowest BCUT2D eigenvalue weighted by Crippen LogP contribution is -2.32. The summed E-state index contributed by atoms with van der Waals surface area (Å²) in [4.78, 5) is 22.2. The van der Waals surface area contributed by atoms with Crippen LogP contribution in [0.2, 0.25) is 0 Å². The molecule has 1 atom stereocenters. The molecule has 0 saturated heterocycles. The molecule has 0 aliphatic rings. The van der Waals surface area contributed by atoms with Gasteiger partial charge in [0.1, 0.15) is 0 Å². The number of aliphatic carboxylic acids is 1. The summed E-state index contributed by atoms with van der Waals surface area (Å²) in [6.45, 7) is 0. The van der Waals surface area contributed by atoms with Crippen molar-refractivity contribution in [2.24, 2.45) is 0 Å². The van der Waals surface area contributed by atoms with Crippen molar-refractivity contribution >= 4 is 21.9 Å². The zero-order valence-electron chi connectivity index (χ0n) is 8.61. The van der Waals surface area contributed by atoms with Gasteiger partial charge in [-0.3, -0.25) is 14.1 Å². The Morgan fingerprint density at radius 1 is 1.18 bits per heavy atom. The van der Waals surface area contributed by atoms with Crippen molar-refractivity contribution in [2.45, 2.75) is 11.7 Å². The Kier molecular flexibility index (Phi) is 3.97. The van der Waals surface area contributed by atoms with Gasteiger partial charge < -0.3 is 5.11 Å². The van der Waals surface area contributed by atoms with Gasteiger partial charge in [0.15, 0.2) is 11.0 Å². The molecule has 0 bridgehead atoms. The number of carbonyl (C=O) groups is 2. The molecule has 2 N–H and O–H groups in total. The Bertz CT molecular complexity index is 519. The van der Waals surface area contributed by atoms with E-state index < -0.39 is 33.5 Å². The van der Waals surface area contributed by atoms with Gasteiger partial charge in [0.2, 0.25) is 0 Å². The smallest absolute Gasteiger partial charge is 0.305 e. The quantitative estimate of drug-likeness (QED) is 0.591. The van der Waals surface area contributed by atoms with E-state index in [0.29, 0.717) is 0 Å². The van der Waals surface area contributed by atoms with Crippen molar-refractivity contribution in [1.29, 1.82) is 0 Å². The summed E-state index contributed by atoms with van der Waals surface area (Å²) >= 11 is 0. The number of rotatable bonds is 5. The highest BCUT2D eigenvalue weighted by atomic mass is 32.2. The van der Waals surface area contributed by atoms with Gasteiger partial charge in [-0.2, -0.15) is 8.42 Å². The number of carboxylic acids is 1. The van der Waals surface area contributed by atoms with Gasteiger partial charge in [-0.25, -0.2) is 0 Å². The van der Waals surface area contributed by atoms with Gasteiger partial charge in [0.05, 0.1) is 6.42 Å². The van der Waals surface area contributed by atoms with E-state index in [1.807, 2.05) is 0 Å². The van der Waals surface area contributed by atoms with Crippen LogP contribution in [0.15, 0.2) is 30.3 Å². The summed E-state index contributed by atoms with van der Waals surface area (Å²) in [7, 11) is -4.74. The van der Waals surface area contributed by atoms with Gasteiger partial charge in [-0.15, -0.1) is 0 Å². The maximum atomic E-state index is 11.7. The molecule has 1 aromatic carbocycles. The van der Waals surface area contributed by atoms with Crippen LogP contribution in [0.3, 0.4) is 0 Å². The number of hydrogen-bond donors (Lipinski definition) is 2. The normalized spacial score (nSPS) is 13.0. The van der Waals surface area contributed by atoms with Gasteiger partial charge in [0, 0.05) is 5.56 Å². The number of carboxylic acid groups (broad SMARTS) is 1. The minimum absolute atomic E-state index is 0.0383. The minimum atomic E-state index is -4.74. The molecule has 0 radical (unpaired) electrons. The summed E-state index contributed by atoms with van der Waals surface area (Å²) in [6.07, 6.45) is -0.966. The number of carbonyl (C=O) groups excluding carboxylic acids is 1. The first kappa shape index (κ1) is 13.3. The summed E-state index contributed by atoms with van der Waals surface area (Å²) in [5.74, 6) is -2.41. The molecule has 0 aromatic heterocycles. The summed E-state index contributed by atoms with van der Waals surface area (Å²) in [5.41, 5.74) is 0.0383. The predicted octanol–water partition coefficient (Wildman–Crippen LogP) is 0.600. The highest BCUT2D eigenvalue weighted by molar-refractivity contribution is 7.87. The molecule has 1 aromatic rings. The molecular formula is C10H10O6S. The third-order valence-electron chi connectivity index (χ3n) is 2.07. The van der Waals surface area contributed by atoms with E-state index in [1.54, 1.807) is 6.07 Å². The van der Waals surface area contributed by atoms with E-state index in [1.165, 1.54) is 24.3 Å². The Morgan fingerprint density at radius 3 is 2.12 bits per heavy atom. The average molecular weight is 258 g/mol. The van der Waals surface area contributed by atoms with E-state index >= 15 is 0 Å². The first-order chi connectivity index (χ1) is 7.82. The molecule has 0 heterocycles. The fourth-order valence-corrected chi connectivity index (χ4v) is 2.04. The first-order valence-corrected chi connectivity index (χ1v) is 6.10. The Balaban J connectivity index is 3.08. The van der Waals surface area contributed by atoms with Crippen LogP contribution in [-0.2, 0) is 14.9 Å². The summed E-state index contributed by atoms with van der Waals surface area (Å²) in [6, 6.07) is 7.34. The Morgan fingerprint density at radius 2 is 1.71 bits per heavy atom.